The Kier molecular flexibility index (Phi) is 2.86. The molecule has 0 N–H and O–H groups in total. The molecule has 0 heteroatoms. The maximum Gasteiger partial charge on any atom is -0.0136 e. The third-order valence-corrected chi connectivity index (χ3v) is 3.89. The molecule has 0 nitrogen and oxygen atoms in total. The van der Waals surface area contributed by atoms with Gasteiger partial charge in [0.05, 0.1) is 0 Å². The van der Waals surface area contributed by atoms with Crippen molar-refractivity contribution >= 4 is 0 Å². The lowest BCUT2D eigenvalue weighted by Gasteiger charge is -2.32. The number of aryl methyl sites for hydroxylation is 1. The molecule has 0 bridgehead atoms. The summed E-state index contributed by atoms with van der Waals surface area (Å²) in [5.74, 6) is 2.32. The van der Waals surface area contributed by atoms with Gasteiger partial charge >= 0.3 is 0 Å². The van der Waals surface area contributed by atoms with Gasteiger partial charge in [-0.05, 0) is 48.6 Å². The van der Waals surface area contributed by atoms with Gasteiger partial charge in [-0.3, -0.25) is 0 Å². The largest absolute Gasteiger partial charge is 0.0622 e. The first kappa shape index (κ1) is 10.7. The molecular formula is C15H22. The third kappa shape index (κ3) is 1.95. The molecule has 0 saturated heterocycles. The predicted molar refractivity (Wildman–Crippen MR) is 66.4 cm³/mol. The minimum atomic E-state index is 0.759. The van der Waals surface area contributed by atoms with Crippen LogP contribution in [-0.4, -0.2) is 0 Å². The molecule has 1 aromatic rings. The van der Waals surface area contributed by atoms with Gasteiger partial charge in [-0.15, -0.1) is 0 Å². The van der Waals surface area contributed by atoms with Gasteiger partial charge in [-0.25, -0.2) is 0 Å². The monoisotopic (exact) mass is 202 g/mol. The van der Waals surface area contributed by atoms with Crippen LogP contribution in [0.2, 0.25) is 0 Å². The van der Waals surface area contributed by atoms with E-state index in [0.717, 1.165) is 17.8 Å². The van der Waals surface area contributed by atoms with Crippen molar-refractivity contribution in [1.82, 2.24) is 0 Å². The van der Waals surface area contributed by atoms with Crippen LogP contribution in [0.25, 0.3) is 0 Å². The summed E-state index contributed by atoms with van der Waals surface area (Å²) in [7, 11) is 0. The lowest BCUT2D eigenvalue weighted by molar-refractivity contribution is 0.410. The molecule has 82 valence electrons. The first-order valence-corrected chi connectivity index (χ1v) is 6.20. The van der Waals surface area contributed by atoms with E-state index in [1.54, 1.807) is 11.1 Å². The molecule has 0 spiro atoms. The van der Waals surface area contributed by atoms with Gasteiger partial charge in [-0.2, -0.15) is 0 Å². The zero-order chi connectivity index (χ0) is 11.0. The summed E-state index contributed by atoms with van der Waals surface area (Å²) in [5, 5.41) is 0. The Hall–Kier alpha value is -0.780. The van der Waals surface area contributed by atoms with Crippen LogP contribution in [0.1, 0.15) is 62.1 Å². The standard InChI is InChI=1S/C15H22/c1-10(2)13-8-6-12(4)15-9-11(3)5-7-14(13)15/h5,7,9-10,12-13H,6,8H2,1-4H3. The second kappa shape index (κ2) is 4.00. The summed E-state index contributed by atoms with van der Waals surface area (Å²) in [6, 6.07) is 7.03. The van der Waals surface area contributed by atoms with Crippen molar-refractivity contribution in [3.8, 4) is 0 Å². The van der Waals surface area contributed by atoms with Crippen LogP contribution in [0.4, 0.5) is 0 Å². The summed E-state index contributed by atoms with van der Waals surface area (Å²) < 4.78 is 0. The predicted octanol–water partition coefficient (Wildman–Crippen LogP) is 4.63. The fraction of sp³-hybridized carbons (Fsp3) is 0.600. The lowest BCUT2D eigenvalue weighted by Crippen LogP contribution is -2.17. The van der Waals surface area contributed by atoms with Gasteiger partial charge in [0.1, 0.15) is 0 Å². The molecular weight excluding hydrogens is 180 g/mol. The molecule has 15 heavy (non-hydrogen) atoms. The third-order valence-electron chi connectivity index (χ3n) is 3.89. The highest BCUT2D eigenvalue weighted by molar-refractivity contribution is 5.38. The quantitative estimate of drug-likeness (QED) is 0.622. The molecule has 0 fully saturated rings. The molecule has 0 aromatic heterocycles. The Morgan fingerprint density at radius 1 is 1.13 bits per heavy atom. The van der Waals surface area contributed by atoms with Crippen molar-refractivity contribution in [2.75, 3.05) is 0 Å². The summed E-state index contributed by atoms with van der Waals surface area (Å²) in [4.78, 5) is 0. The zero-order valence-electron chi connectivity index (χ0n) is 10.4. The summed E-state index contributed by atoms with van der Waals surface area (Å²) in [6.45, 7) is 9.27. The zero-order valence-corrected chi connectivity index (χ0v) is 10.4. The molecule has 0 saturated carbocycles. The highest BCUT2D eigenvalue weighted by atomic mass is 14.3. The summed E-state index contributed by atoms with van der Waals surface area (Å²) in [6.07, 6.45) is 2.73. The van der Waals surface area contributed by atoms with E-state index in [0.29, 0.717) is 0 Å². The lowest BCUT2D eigenvalue weighted by atomic mass is 9.73. The first-order valence-electron chi connectivity index (χ1n) is 6.20. The molecule has 1 aliphatic rings. The van der Waals surface area contributed by atoms with Gasteiger partial charge < -0.3 is 0 Å². The van der Waals surface area contributed by atoms with E-state index in [2.05, 4.69) is 45.9 Å². The van der Waals surface area contributed by atoms with Crippen LogP contribution in [0.3, 0.4) is 0 Å². The smallest absolute Gasteiger partial charge is 0.0136 e. The van der Waals surface area contributed by atoms with Gasteiger partial charge in [0.15, 0.2) is 0 Å². The van der Waals surface area contributed by atoms with E-state index >= 15 is 0 Å². The van der Waals surface area contributed by atoms with Crippen LogP contribution in [-0.2, 0) is 0 Å². The van der Waals surface area contributed by atoms with Crippen molar-refractivity contribution in [1.29, 1.82) is 0 Å². The van der Waals surface area contributed by atoms with Crippen molar-refractivity contribution in [2.45, 2.75) is 52.4 Å². The van der Waals surface area contributed by atoms with Crippen LogP contribution in [0.15, 0.2) is 18.2 Å². The van der Waals surface area contributed by atoms with Crippen molar-refractivity contribution in [3.63, 3.8) is 0 Å². The van der Waals surface area contributed by atoms with Crippen molar-refractivity contribution < 1.29 is 0 Å². The molecule has 0 amide bonds. The van der Waals surface area contributed by atoms with Crippen LogP contribution < -0.4 is 0 Å². The second-order valence-electron chi connectivity index (χ2n) is 5.46. The second-order valence-corrected chi connectivity index (χ2v) is 5.46. The minimum absolute atomic E-state index is 0.759. The molecule has 1 aromatic carbocycles. The number of benzene rings is 1. The van der Waals surface area contributed by atoms with E-state index in [-0.39, 0.29) is 0 Å². The fourth-order valence-corrected chi connectivity index (χ4v) is 2.89. The maximum absolute atomic E-state index is 2.40. The minimum Gasteiger partial charge on any atom is -0.0622 e. The molecule has 0 radical (unpaired) electrons. The Morgan fingerprint density at radius 3 is 2.53 bits per heavy atom. The van der Waals surface area contributed by atoms with E-state index in [4.69, 9.17) is 0 Å². The van der Waals surface area contributed by atoms with Crippen LogP contribution in [0.5, 0.6) is 0 Å². The van der Waals surface area contributed by atoms with E-state index in [1.807, 2.05) is 0 Å². The van der Waals surface area contributed by atoms with Gasteiger partial charge in [0, 0.05) is 0 Å². The van der Waals surface area contributed by atoms with Gasteiger partial charge in [0.2, 0.25) is 0 Å². The normalized spacial score (nSPS) is 25.4. The number of hydrogen-bond acceptors (Lipinski definition) is 0. The highest BCUT2D eigenvalue weighted by Gasteiger charge is 2.26. The Morgan fingerprint density at radius 2 is 1.87 bits per heavy atom. The van der Waals surface area contributed by atoms with E-state index in [1.165, 1.54) is 18.4 Å². The van der Waals surface area contributed by atoms with E-state index in [9.17, 15) is 0 Å². The molecule has 0 aliphatic heterocycles. The Balaban J connectivity index is 2.45. The molecule has 0 heterocycles. The number of fused-ring (bicyclic) bond motifs is 1. The van der Waals surface area contributed by atoms with Crippen LogP contribution in [0, 0.1) is 12.8 Å². The van der Waals surface area contributed by atoms with Crippen molar-refractivity contribution in [3.05, 3.63) is 34.9 Å². The topological polar surface area (TPSA) is 0 Å². The number of rotatable bonds is 1. The van der Waals surface area contributed by atoms with Gasteiger partial charge in [0.25, 0.3) is 0 Å². The Bertz CT molecular complexity index is 349. The van der Waals surface area contributed by atoms with Crippen molar-refractivity contribution in [2.24, 2.45) is 5.92 Å². The summed E-state index contributed by atoms with van der Waals surface area (Å²) >= 11 is 0. The SMILES string of the molecule is Cc1ccc2c(c1)C(C)CCC2C(C)C. The van der Waals surface area contributed by atoms with Gasteiger partial charge in [-0.1, -0.05) is 44.5 Å². The van der Waals surface area contributed by atoms with Crippen LogP contribution >= 0.6 is 0 Å². The molecule has 2 unspecified atom stereocenters. The molecule has 2 atom stereocenters. The average molecular weight is 202 g/mol. The van der Waals surface area contributed by atoms with E-state index < -0.39 is 0 Å². The first-order chi connectivity index (χ1) is 7.09. The molecule has 2 rings (SSSR count). The maximum atomic E-state index is 2.40. The average Bonchev–Trinajstić information content (AvgIpc) is 2.19. The highest BCUT2D eigenvalue weighted by Crippen LogP contribution is 2.42. The summed E-state index contributed by atoms with van der Waals surface area (Å²) in [5.41, 5.74) is 4.64. The fourth-order valence-electron chi connectivity index (χ4n) is 2.89. The Labute approximate surface area is 93.7 Å². The number of hydrogen-bond donors (Lipinski definition) is 0. The molecule has 1 aliphatic carbocycles.